The summed E-state index contributed by atoms with van der Waals surface area (Å²) >= 11 is 11.9. The van der Waals surface area contributed by atoms with Gasteiger partial charge in [-0.1, -0.05) is 29.3 Å². The standard InChI is InChI=1S/C16H11Cl2NO2/c17-11-3-1-2-10(8-11)16(21)19-7-6-15(20)13-9-12(18)4-5-14(13)19/h1-5,8-9H,6-7H2. The van der Waals surface area contributed by atoms with Crippen LogP contribution in [0.5, 0.6) is 0 Å². The monoisotopic (exact) mass is 319 g/mol. The maximum atomic E-state index is 12.6. The van der Waals surface area contributed by atoms with E-state index in [1.54, 1.807) is 47.4 Å². The van der Waals surface area contributed by atoms with Crippen molar-refractivity contribution in [3.05, 3.63) is 63.6 Å². The van der Waals surface area contributed by atoms with E-state index in [0.717, 1.165) is 0 Å². The van der Waals surface area contributed by atoms with Crippen LogP contribution in [0.2, 0.25) is 10.0 Å². The third kappa shape index (κ3) is 2.67. The Balaban J connectivity index is 2.03. The quantitative estimate of drug-likeness (QED) is 0.789. The topological polar surface area (TPSA) is 37.4 Å². The first-order chi connectivity index (χ1) is 10.1. The summed E-state index contributed by atoms with van der Waals surface area (Å²) < 4.78 is 0. The second kappa shape index (κ2) is 5.51. The van der Waals surface area contributed by atoms with Crippen LogP contribution in [0.4, 0.5) is 5.69 Å². The molecule has 1 heterocycles. The molecule has 106 valence electrons. The van der Waals surface area contributed by atoms with Crippen LogP contribution in [-0.2, 0) is 0 Å². The molecule has 0 bridgehead atoms. The molecule has 0 saturated heterocycles. The van der Waals surface area contributed by atoms with Crippen molar-refractivity contribution >= 4 is 40.6 Å². The molecule has 21 heavy (non-hydrogen) atoms. The van der Waals surface area contributed by atoms with Crippen LogP contribution < -0.4 is 4.90 Å². The molecule has 1 aliphatic rings. The Hall–Kier alpha value is -1.84. The second-order valence-corrected chi connectivity index (χ2v) is 5.67. The molecule has 3 rings (SSSR count). The fourth-order valence-electron chi connectivity index (χ4n) is 2.42. The highest BCUT2D eigenvalue weighted by Crippen LogP contribution is 2.31. The second-order valence-electron chi connectivity index (χ2n) is 4.80. The number of carbonyl (C=O) groups excluding carboxylic acids is 2. The fraction of sp³-hybridized carbons (Fsp3) is 0.125. The molecule has 2 aromatic rings. The van der Waals surface area contributed by atoms with Gasteiger partial charge in [-0.25, -0.2) is 0 Å². The van der Waals surface area contributed by atoms with Crippen LogP contribution in [-0.4, -0.2) is 18.2 Å². The van der Waals surface area contributed by atoms with E-state index in [2.05, 4.69) is 0 Å². The van der Waals surface area contributed by atoms with E-state index in [4.69, 9.17) is 23.2 Å². The van der Waals surface area contributed by atoms with Gasteiger partial charge in [0.25, 0.3) is 5.91 Å². The first kappa shape index (κ1) is 14.1. The third-order valence-corrected chi connectivity index (χ3v) is 3.90. The summed E-state index contributed by atoms with van der Waals surface area (Å²) in [5.41, 5.74) is 1.59. The minimum Gasteiger partial charge on any atom is -0.307 e. The largest absolute Gasteiger partial charge is 0.307 e. The van der Waals surface area contributed by atoms with Gasteiger partial charge in [-0.3, -0.25) is 9.59 Å². The number of Topliss-reactive ketones (excluding diaryl/α,β-unsaturated/α-hetero) is 1. The van der Waals surface area contributed by atoms with Gasteiger partial charge in [0.05, 0.1) is 5.69 Å². The van der Waals surface area contributed by atoms with Crippen molar-refractivity contribution < 1.29 is 9.59 Å². The van der Waals surface area contributed by atoms with Gasteiger partial charge in [0, 0.05) is 34.1 Å². The summed E-state index contributed by atoms with van der Waals surface area (Å²) in [6, 6.07) is 11.8. The van der Waals surface area contributed by atoms with E-state index >= 15 is 0 Å². The molecule has 2 aromatic carbocycles. The van der Waals surface area contributed by atoms with Crippen molar-refractivity contribution in [2.75, 3.05) is 11.4 Å². The maximum absolute atomic E-state index is 12.6. The molecule has 5 heteroatoms. The number of halogens is 2. The van der Waals surface area contributed by atoms with Crippen molar-refractivity contribution in [3.8, 4) is 0 Å². The van der Waals surface area contributed by atoms with Crippen LogP contribution in [0.1, 0.15) is 27.1 Å². The van der Waals surface area contributed by atoms with Gasteiger partial charge in [-0.05, 0) is 36.4 Å². The molecule has 3 nitrogen and oxygen atoms in total. The SMILES string of the molecule is O=C1CCN(C(=O)c2cccc(Cl)c2)c2ccc(Cl)cc21. The highest BCUT2D eigenvalue weighted by Gasteiger charge is 2.28. The number of benzene rings is 2. The Bertz CT molecular complexity index is 743. The first-order valence-electron chi connectivity index (χ1n) is 6.46. The van der Waals surface area contributed by atoms with Crippen LogP contribution in [0.3, 0.4) is 0 Å². The van der Waals surface area contributed by atoms with E-state index in [-0.39, 0.29) is 11.7 Å². The number of nitrogens with zero attached hydrogens (tertiary/aromatic N) is 1. The van der Waals surface area contributed by atoms with Crippen molar-refractivity contribution in [3.63, 3.8) is 0 Å². The Morgan fingerprint density at radius 2 is 1.81 bits per heavy atom. The summed E-state index contributed by atoms with van der Waals surface area (Å²) in [4.78, 5) is 26.2. The Morgan fingerprint density at radius 1 is 1.05 bits per heavy atom. The van der Waals surface area contributed by atoms with E-state index in [9.17, 15) is 9.59 Å². The summed E-state index contributed by atoms with van der Waals surface area (Å²) in [5, 5.41) is 0.990. The van der Waals surface area contributed by atoms with Gasteiger partial charge in [0.15, 0.2) is 5.78 Å². The zero-order chi connectivity index (χ0) is 15.0. The Labute approximate surface area is 132 Å². The molecule has 0 atom stereocenters. The predicted molar refractivity (Wildman–Crippen MR) is 83.5 cm³/mol. The summed E-state index contributed by atoms with van der Waals surface area (Å²) in [7, 11) is 0. The lowest BCUT2D eigenvalue weighted by Gasteiger charge is -2.29. The van der Waals surface area contributed by atoms with E-state index in [1.165, 1.54) is 0 Å². The zero-order valence-electron chi connectivity index (χ0n) is 11.0. The van der Waals surface area contributed by atoms with Crippen molar-refractivity contribution in [2.45, 2.75) is 6.42 Å². The molecule has 0 radical (unpaired) electrons. The third-order valence-electron chi connectivity index (χ3n) is 3.43. The number of ketones is 1. The number of anilines is 1. The van der Waals surface area contributed by atoms with Crippen molar-refractivity contribution in [2.24, 2.45) is 0 Å². The minimum absolute atomic E-state index is 0.00245. The number of amides is 1. The smallest absolute Gasteiger partial charge is 0.258 e. The number of carbonyl (C=O) groups is 2. The van der Waals surface area contributed by atoms with Crippen LogP contribution >= 0.6 is 23.2 Å². The summed E-state index contributed by atoms with van der Waals surface area (Å²) in [6.07, 6.45) is 0.291. The van der Waals surface area contributed by atoms with Gasteiger partial charge >= 0.3 is 0 Å². The average Bonchev–Trinajstić information content (AvgIpc) is 2.47. The fourth-order valence-corrected chi connectivity index (χ4v) is 2.79. The molecular formula is C16H11Cl2NO2. The molecule has 0 N–H and O–H groups in total. The molecule has 0 aliphatic carbocycles. The van der Waals surface area contributed by atoms with Crippen molar-refractivity contribution in [1.82, 2.24) is 0 Å². The molecule has 1 amide bonds. The molecule has 0 spiro atoms. The number of rotatable bonds is 1. The lowest BCUT2D eigenvalue weighted by molar-refractivity contribution is 0.0955. The zero-order valence-corrected chi connectivity index (χ0v) is 12.5. The predicted octanol–water partition coefficient (Wildman–Crippen LogP) is 4.23. The normalized spacial score (nSPS) is 14.0. The number of hydrogen-bond donors (Lipinski definition) is 0. The molecule has 0 fully saturated rings. The van der Waals surface area contributed by atoms with Gasteiger partial charge in [0.2, 0.25) is 0 Å². The molecule has 0 unspecified atom stereocenters. The molecule has 0 saturated carbocycles. The minimum atomic E-state index is -0.173. The average molecular weight is 320 g/mol. The molecular weight excluding hydrogens is 309 g/mol. The van der Waals surface area contributed by atoms with E-state index in [0.29, 0.717) is 39.8 Å². The van der Waals surface area contributed by atoms with Crippen LogP contribution in [0.25, 0.3) is 0 Å². The van der Waals surface area contributed by atoms with Gasteiger partial charge in [0.1, 0.15) is 0 Å². The van der Waals surface area contributed by atoms with Gasteiger partial charge in [-0.2, -0.15) is 0 Å². The number of fused-ring (bicyclic) bond motifs is 1. The van der Waals surface area contributed by atoms with E-state index < -0.39 is 0 Å². The van der Waals surface area contributed by atoms with Crippen LogP contribution in [0, 0.1) is 0 Å². The van der Waals surface area contributed by atoms with E-state index in [1.807, 2.05) is 0 Å². The summed E-state index contributed by atoms with van der Waals surface area (Å²) in [6.45, 7) is 0.360. The first-order valence-corrected chi connectivity index (χ1v) is 7.22. The Kier molecular flexibility index (Phi) is 3.70. The lowest BCUT2D eigenvalue weighted by Crippen LogP contribution is -2.37. The van der Waals surface area contributed by atoms with Gasteiger partial charge < -0.3 is 4.90 Å². The van der Waals surface area contributed by atoms with Crippen LogP contribution in [0.15, 0.2) is 42.5 Å². The molecule has 1 aliphatic heterocycles. The molecule has 0 aromatic heterocycles. The highest BCUT2D eigenvalue weighted by molar-refractivity contribution is 6.32. The Morgan fingerprint density at radius 3 is 2.57 bits per heavy atom. The van der Waals surface area contributed by atoms with Crippen molar-refractivity contribution in [1.29, 1.82) is 0 Å². The summed E-state index contributed by atoms with van der Waals surface area (Å²) in [5.74, 6) is -0.170. The number of hydrogen-bond acceptors (Lipinski definition) is 2. The van der Waals surface area contributed by atoms with Gasteiger partial charge in [-0.15, -0.1) is 0 Å². The lowest BCUT2D eigenvalue weighted by atomic mass is 9.99. The maximum Gasteiger partial charge on any atom is 0.258 e. The highest BCUT2D eigenvalue weighted by atomic mass is 35.5.